The summed E-state index contributed by atoms with van der Waals surface area (Å²) in [6, 6.07) is 11.7. The van der Waals surface area contributed by atoms with Crippen molar-refractivity contribution in [3.63, 3.8) is 0 Å². The van der Waals surface area contributed by atoms with E-state index < -0.39 is 0 Å². The van der Waals surface area contributed by atoms with Gasteiger partial charge in [0.2, 0.25) is 5.88 Å². The van der Waals surface area contributed by atoms with Gasteiger partial charge in [-0.15, -0.1) is 0 Å². The second kappa shape index (κ2) is 4.93. The maximum atomic E-state index is 13.0. The second-order valence-corrected chi connectivity index (χ2v) is 4.73. The van der Waals surface area contributed by atoms with E-state index in [9.17, 15) is 4.39 Å². The Kier molecular flexibility index (Phi) is 3.13. The summed E-state index contributed by atoms with van der Waals surface area (Å²) in [4.78, 5) is 8.58. The van der Waals surface area contributed by atoms with E-state index >= 15 is 0 Å². The summed E-state index contributed by atoms with van der Waals surface area (Å²) in [6.45, 7) is 0. The van der Waals surface area contributed by atoms with Gasteiger partial charge in [-0.25, -0.2) is 14.4 Å². The van der Waals surface area contributed by atoms with Gasteiger partial charge in [0.1, 0.15) is 11.6 Å². The molecule has 0 spiro atoms. The molecule has 3 nitrogen and oxygen atoms in total. The topological polar surface area (TPSA) is 35.0 Å². The van der Waals surface area contributed by atoms with Crippen molar-refractivity contribution in [2.45, 2.75) is 0 Å². The van der Waals surface area contributed by atoms with Gasteiger partial charge in [0.05, 0.1) is 21.7 Å². The fraction of sp³-hybridized carbons (Fsp3) is 0. The molecule has 0 aliphatic carbocycles. The van der Waals surface area contributed by atoms with Crippen LogP contribution in [-0.2, 0) is 0 Å². The van der Waals surface area contributed by atoms with Crippen LogP contribution in [0.2, 0.25) is 0 Å². The van der Waals surface area contributed by atoms with Crippen molar-refractivity contribution < 1.29 is 9.13 Å². The fourth-order valence-electron chi connectivity index (χ4n) is 1.66. The molecule has 0 amide bonds. The van der Waals surface area contributed by atoms with Gasteiger partial charge in [-0.2, -0.15) is 0 Å². The van der Waals surface area contributed by atoms with Crippen LogP contribution in [0, 0.1) is 5.82 Å². The van der Waals surface area contributed by atoms with E-state index in [4.69, 9.17) is 4.74 Å². The molecule has 0 bridgehead atoms. The fourth-order valence-corrected chi connectivity index (χ4v) is 2.09. The minimum Gasteiger partial charge on any atom is -0.436 e. The lowest BCUT2D eigenvalue weighted by atomic mass is 10.3. The lowest BCUT2D eigenvalue weighted by Gasteiger charge is -2.07. The number of fused-ring (bicyclic) bond motifs is 1. The minimum absolute atomic E-state index is 0.330. The Hall–Kier alpha value is -2.01. The van der Waals surface area contributed by atoms with Crippen molar-refractivity contribution >= 4 is 27.0 Å². The molecule has 1 heterocycles. The van der Waals surface area contributed by atoms with Crippen LogP contribution < -0.4 is 4.74 Å². The molecule has 2 aromatic carbocycles. The zero-order valence-corrected chi connectivity index (χ0v) is 11.3. The average molecular weight is 319 g/mol. The Morgan fingerprint density at radius 3 is 2.63 bits per heavy atom. The van der Waals surface area contributed by atoms with E-state index in [0.717, 1.165) is 11.0 Å². The first-order valence-electron chi connectivity index (χ1n) is 5.57. The molecule has 0 N–H and O–H groups in total. The first-order valence-corrected chi connectivity index (χ1v) is 6.36. The quantitative estimate of drug-likeness (QED) is 0.705. The molecule has 0 radical (unpaired) electrons. The van der Waals surface area contributed by atoms with E-state index in [2.05, 4.69) is 25.9 Å². The highest BCUT2D eigenvalue weighted by Gasteiger charge is 2.06. The van der Waals surface area contributed by atoms with Crippen molar-refractivity contribution in [2.24, 2.45) is 0 Å². The average Bonchev–Trinajstić information content (AvgIpc) is 2.42. The zero-order valence-electron chi connectivity index (χ0n) is 9.68. The third-order valence-corrected chi connectivity index (χ3v) is 3.15. The summed E-state index contributed by atoms with van der Waals surface area (Å²) >= 11 is 3.24. The summed E-state index contributed by atoms with van der Waals surface area (Å²) in [7, 11) is 0. The van der Waals surface area contributed by atoms with E-state index in [0.29, 0.717) is 16.1 Å². The monoisotopic (exact) mass is 318 g/mol. The molecule has 0 saturated heterocycles. The van der Waals surface area contributed by atoms with Crippen LogP contribution in [0.25, 0.3) is 11.0 Å². The number of benzene rings is 2. The molecule has 0 saturated carbocycles. The molecule has 0 fully saturated rings. The Bertz CT molecular complexity index is 748. The van der Waals surface area contributed by atoms with Crippen LogP contribution in [0.3, 0.4) is 0 Å². The Balaban J connectivity index is 1.96. The molecule has 0 unspecified atom stereocenters. The molecule has 94 valence electrons. The predicted octanol–water partition coefficient (Wildman–Crippen LogP) is 4.32. The standard InChI is InChI=1S/C14H8BrFN2O/c15-10-7-9(16)5-6-13(10)19-14-8-17-11-3-1-2-4-12(11)18-14/h1-8H. The third kappa shape index (κ3) is 2.56. The molecule has 3 aromatic rings. The highest BCUT2D eigenvalue weighted by Crippen LogP contribution is 2.29. The number of nitrogens with zero attached hydrogens (tertiary/aromatic N) is 2. The van der Waals surface area contributed by atoms with Gasteiger partial charge in [-0.1, -0.05) is 12.1 Å². The zero-order chi connectivity index (χ0) is 13.2. The van der Waals surface area contributed by atoms with Crippen LogP contribution in [0.1, 0.15) is 0 Å². The van der Waals surface area contributed by atoms with Crippen molar-refractivity contribution in [1.82, 2.24) is 9.97 Å². The first-order chi connectivity index (χ1) is 9.22. The minimum atomic E-state index is -0.330. The van der Waals surface area contributed by atoms with Gasteiger partial charge in [0, 0.05) is 0 Å². The number of ether oxygens (including phenoxy) is 1. The molecule has 1 aromatic heterocycles. The van der Waals surface area contributed by atoms with Crippen LogP contribution >= 0.6 is 15.9 Å². The number of para-hydroxylation sites is 2. The van der Waals surface area contributed by atoms with E-state index in [1.807, 2.05) is 24.3 Å². The Morgan fingerprint density at radius 1 is 1.05 bits per heavy atom. The summed E-state index contributed by atoms with van der Waals surface area (Å²) in [5.74, 6) is 0.529. The number of aromatic nitrogens is 2. The maximum Gasteiger partial charge on any atom is 0.238 e. The molecular formula is C14H8BrFN2O. The highest BCUT2D eigenvalue weighted by molar-refractivity contribution is 9.10. The summed E-state index contributed by atoms with van der Waals surface area (Å²) in [6.07, 6.45) is 1.54. The summed E-state index contributed by atoms with van der Waals surface area (Å²) in [5, 5.41) is 0. The predicted molar refractivity (Wildman–Crippen MR) is 73.7 cm³/mol. The first kappa shape index (κ1) is 12.0. The highest BCUT2D eigenvalue weighted by atomic mass is 79.9. The SMILES string of the molecule is Fc1ccc(Oc2cnc3ccccc3n2)c(Br)c1. The molecular weight excluding hydrogens is 311 g/mol. The van der Waals surface area contributed by atoms with E-state index in [1.54, 1.807) is 0 Å². The lowest BCUT2D eigenvalue weighted by molar-refractivity contribution is 0.458. The Morgan fingerprint density at radius 2 is 1.84 bits per heavy atom. The van der Waals surface area contributed by atoms with E-state index in [-0.39, 0.29) is 5.82 Å². The smallest absolute Gasteiger partial charge is 0.238 e. The van der Waals surface area contributed by atoms with Crippen molar-refractivity contribution in [2.75, 3.05) is 0 Å². The number of rotatable bonds is 2. The molecule has 0 aliphatic heterocycles. The number of hydrogen-bond acceptors (Lipinski definition) is 3. The lowest BCUT2D eigenvalue weighted by Crippen LogP contribution is -1.91. The molecule has 3 rings (SSSR count). The van der Waals surface area contributed by atoms with Gasteiger partial charge in [-0.3, -0.25) is 0 Å². The number of halogens is 2. The van der Waals surface area contributed by atoms with Crippen LogP contribution in [0.15, 0.2) is 53.1 Å². The van der Waals surface area contributed by atoms with Crippen molar-refractivity contribution in [3.8, 4) is 11.6 Å². The van der Waals surface area contributed by atoms with Crippen molar-refractivity contribution in [1.29, 1.82) is 0 Å². The van der Waals surface area contributed by atoms with Gasteiger partial charge < -0.3 is 4.74 Å². The normalized spacial score (nSPS) is 10.6. The van der Waals surface area contributed by atoms with Gasteiger partial charge >= 0.3 is 0 Å². The summed E-state index contributed by atoms with van der Waals surface area (Å²) < 4.78 is 19.1. The molecule has 0 atom stereocenters. The molecule has 19 heavy (non-hydrogen) atoms. The molecule has 5 heteroatoms. The number of hydrogen-bond donors (Lipinski definition) is 0. The van der Waals surface area contributed by atoms with Crippen molar-refractivity contribution in [3.05, 3.63) is 59.0 Å². The molecule has 0 aliphatic rings. The second-order valence-electron chi connectivity index (χ2n) is 3.87. The third-order valence-electron chi connectivity index (χ3n) is 2.53. The van der Waals surface area contributed by atoms with Crippen LogP contribution in [-0.4, -0.2) is 9.97 Å². The maximum absolute atomic E-state index is 13.0. The largest absolute Gasteiger partial charge is 0.436 e. The van der Waals surface area contributed by atoms with E-state index in [1.165, 1.54) is 24.4 Å². The Labute approximate surface area is 117 Å². The van der Waals surface area contributed by atoms with Gasteiger partial charge in [-0.05, 0) is 46.3 Å². The van der Waals surface area contributed by atoms with Gasteiger partial charge in [0.25, 0.3) is 0 Å². The van der Waals surface area contributed by atoms with Crippen LogP contribution in [0.5, 0.6) is 11.6 Å². The van der Waals surface area contributed by atoms with Gasteiger partial charge in [0.15, 0.2) is 0 Å². The van der Waals surface area contributed by atoms with Crippen LogP contribution in [0.4, 0.5) is 4.39 Å². The summed E-state index contributed by atoms with van der Waals surface area (Å²) in [5.41, 5.74) is 1.55.